The predicted octanol–water partition coefficient (Wildman–Crippen LogP) is 2.02. The first-order valence-corrected chi connectivity index (χ1v) is 5.19. The van der Waals surface area contributed by atoms with Crippen molar-refractivity contribution in [2.45, 2.75) is 6.92 Å². The van der Waals surface area contributed by atoms with Crippen molar-refractivity contribution < 1.29 is 0 Å². The van der Waals surface area contributed by atoms with E-state index in [0.29, 0.717) is 0 Å². The molecule has 2 heterocycles. The second kappa shape index (κ2) is 3.98. The van der Waals surface area contributed by atoms with E-state index in [1.807, 2.05) is 20.2 Å². The van der Waals surface area contributed by atoms with Crippen LogP contribution in [0.15, 0.2) is 23.2 Å². The van der Waals surface area contributed by atoms with Crippen molar-refractivity contribution >= 4 is 27.4 Å². The topological polar surface area (TPSA) is 55.6 Å². The normalized spacial score (nSPS) is 10.3. The molecule has 15 heavy (non-hydrogen) atoms. The molecule has 0 bridgehead atoms. The Balaban J connectivity index is 2.29. The zero-order valence-electron chi connectivity index (χ0n) is 8.40. The molecule has 6 heteroatoms. The van der Waals surface area contributed by atoms with Gasteiger partial charge in [0.1, 0.15) is 12.1 Å². The lowest BCUT2D eigenvalue weighted by molar-refractivity contribution is 0.756. The molecule has 0 saturated carbocycles. The van der Waals surface area contributed by atoms with Crippen LogP contribution in [-0.2, 0) is 7.05 Å². The van der Waals surface area contributed by atoms with E-state index in [2.05, 4.69) is 36.3 Å². The van der Waals surface area contributed by atoms with Crippen LogP contribution in [0.5, 0.6) is 0 Å². The molecule has 0 aliphatic rings. The van der Waals surface area contributed by atoms with E-state index in [-0.39, 0.29) is 0 Å². The number of rotatable bonds is 2. The molecule has 2 aromatic rings. The summed E-state index contributed by atoms with van der Waals surface area (Å²) >= 11 is 3.37. The molecule has 0 radical (unpaired) electrons. The molecule has 0 aliphatic carbocycles. The molecule has 0 aromatic carbocycles. The number of nitrogens with zero attached hydrogens (tertiary/aromatic N) is 4. The van der Waals surface area contributed by atoms with Gasteiger partial charge in [-0.25, -0.2) is 9.97 Å². The van der Waals surface area contributed by atoms with Gasteiger partial charge < -0.3 is 5.32 Å². The molecule has 0 fully saturated rings. The standard InChI is InChI=1S/C9H10BrN5/c1-6-8(4-15(2)14-6)13-9-7(10)3-11-5-12-9/h3-5H,1-2H3,(H,11,12,13). The van der Waals surface area contributed by atoms with Crippen LogP contribution < -0.4 is 5.32 Å². The highest BCUT2D eigenvalue weighted by molar-refractivity contribution is 9.10. The average Bonchev–Trinajstić information content (AvgIpc) is 2.49. The molecule has 2 aromatic heterocycles. The van der Waals surface area contributed by atoms with Crippen molar-refractivity contribution in [3.8, 4) is 0 Å². The van der Waals surface area contributed by atoms with Gasteiger partial charge in [0.05, 0.1) is 15.9 Å². The minimum absolute atomic E-state index is 0.737. The van der Waals surface area contributed by atoms with E-state index >= 15 is 0 Å². The average molecular weight is 268 g/mol. The van der Waals surface area contributed by atoms with Crippen molar-refractivity contribution in [3.63, 3.8) is 0 Å². The Morgan fingerprint density at radius 3 is 2.87 bits per heavy atom. The maximum Gasteiger partial charge on any atom is 0.148 e. The number of nitrogens with one attached hydrogen (secondary N) is 1. The zero-order valence-corrected chi connectivity index (χ0v) is 9.98. The molecular formula is C9H10BrN5. The summed E-state index contributed by atoms with van der Waals surface area (Å²) in [7, 11) is 1.88. The van der Waals surface area contributed by atoms with Gasteiger partial charge in [-0.3, -0.25) is 4.68 Å². The summed E-state index contributed by atoms with van der Waals surface area (Å²) in [6.45, 7) is 1.94. The zero-order chi connectivity index (χ0) is 10.8. The van der Waals surface area contributed by atoms with Gasteiger partial charge in [0.15, 0.2) is 0 Å². The Morgan fingerprint density at radius 1 is 1.47 bits per heavy atom. The summed E-state index contributed by atoms with van der Waals surface area (Å²) in [4.78, 5) is 8.01. The third kappa shape index (κ3) is 2.15. The third-order valence-electron chi connectivity index (χ3n) is 1.93. The van der Waals surface area contributed by atoms with Gasteiger partial charge in [-0.2, -0.15) is 5.10 Å². The quantitative estimate of drug-likeness (QED) is 0.905. The molecule has 0 amide bonds. The fourth-order valence-electron chi connectivity index (χ4n) is 1.25. The first kappa shape index (κ1) is 10.1. The van der Waals surface area contributed by atoms with Gasteiger partial charge >= 0.3 is 0 Å². The Morgan fingerprint density at radius 2 is 2.27 bits per heavy atom. The maximum atomic E-state index is 4.23. The molecule has 0 unspecified atom stereocenters. The van der Waals surface area contributed by atoms with Crippen LogP contribution in [0.3, 0.4) is 0 Å². The van der Waals surface area contributed by atoms with Crippen LogP contribution in [0.4, 0.5) is 11.5 Å². The van der Waals surface area contributed by atoms with Crippen LogP contribution in [0.25, 0.3) is 0 Å². The Bertz CT molecular complexity index is 479. The van der Waals surface area contributed by atoms with Crippen molar-refractivity contribution in [2.24, 2.45) is 7.05 Å². The van der Waals surface area contributed by atoms with Gasteiger partial charge in [0, 0.05) is 19.4 Å². The SMILES string of the molecule is Cc1nn(C)cc1Nc1ncncc1Br. The highest BCUT2D eigenvalue weighted by Crippen LogP contribution is 2.23. The summed E-state index contributed by atoms with van der Waals surface area (Å²) in [5, 5.41) is 7.41. The first-order chi connectivity index (χ1) is 7.16. The van der Waals surface area contributed by atoms with E-state index in [9.17, 15) is 0 Å². The predicted molar refractivity (Wildman–Crippen MR) is 61.0 cm³/mol. The number of aryl methyl sites for hydroxylation is 2. The number of hydrogen-bond donors (Lipinski definition) is 1. The molecule has 0 atom stereocenters. The fraction of sp³-hybridized carbons (Fsp3) is 0.222. The van der Waals surface area contributed by atoms with Crippen LogP contribution in [0, 0.1) is 6.92 Å². The maximum absolute atomic E-state index is 4.23. The molecular weight excluding hydrogens is 258 g/mol. The van der Waals surface area contributed by atoms with Crippen LogP contribution in [0.1, 0.15) is 5.69 Å². The smallest absolute Gasteiger partial charge is 0.148 e. The second-order valence-electron chi connectivity index (χ2n) is 3.15. The van der Waals surface area contributed by atoms with Crippen LogP contribution in [0.2, 0.25) is 0 Å². The van der Waals surface area contributed by atoms with Gasteiger partial charge in [-0.15, -0.1) is 0 Å². The minimum atomic E-state index is 0.737. The van der Waals surface area contributed by atoms with E-state index in [1.54, 1.807) is 10.9 Å². The summed E-state index contributed by atoms with van der Waals surface area (Å²) in [5.74, 6) is 0.737. The summed E-state index contributed by atoms with van der Waals surface area (Å²) in [6, 6.07) is 0. The molecule has 0 spiro atoms. The van der Waals surface area contributed by atoms with Crippen LogP contribution in [-0.4, -0.2) is 19.7 Å². The molecule has 0 saturated heterocycles. The Labute approximate surface area is 95.7 Å². The lowest BCUT2D eigenvalue weighted by Crippen LogP contribution is -1.95. The number of halogens is 1. The Hall–Kier alpha value is -1.43. The van der Waals surface area contributed by atoms with E-state index in [4.69, 9.17) is 0 Å². The summed E-state index contributed by atoms with van der Waals surface area (Å²) in [5.41, 5.74) is 1.87. The lowest BCUT2D eigenvalue weighted by atomic mass is 10.4. The van der Waals surface area contributed by atoms with Crippen molar-refractivity contribution in [2.75, 3.05) is 5.32 Å². The van der Waals surface area contributed by atoms with Crippen molar-refractivity contribution in [1.29, 1.82) is 0 Å². The van der Waals surface area contributed by atoms with Crippen LogP contribution >= 0.6 is 15.9 Å². The van der Waals surface area contributed by atoms with E-state index < -0.39 is 0 Å². The fourth-order valence-corrected chi connectivity index (χ4v) is 1.57. The third-order valence-corrected chi connectivity index (χ3v) is 2.51. The van der Waals surface area contributed by atoms with Gasteiger partial charge in [-0.1, -0.05) is 0 Å². The Kier molecular flexibility index (Phi) is 2.68. The highest BCUT2D eigenvalue weighted by Gasteiger charge is 2.06. The van der Waals surface area contributed by atoms with E-state index in [1.165, 1.54) is 6.33 Å². The number of aromatic nitrogens is 4. The van der Waals surface area contributed by atoms with Crippen molar-refractivity contribution in [1.82, 2.24) is 19.7 Å². The molecule has 5 nitrogen and oxygen atoms in total. The summed E-state index contributed by atoms with van der Waals surface area (Å²) in [6.07, 6.45) is 5.10. The second-order valence-corrected chi connectivity index (χ2v) is 4.00. The monoisotopic (exact) mass is 267 g/mol. The van der Waals surface area contributed by atoms with Gasteiger partial charge in [-0.05, 0) is 22.9 Å². The lowest BCUT2D eigenvalue weighted by Gasteiger charge is -2.04. The summed E-state index contributed by atoms with van der Waals surface area (Å²) < 4.78 is 2.58. The van der Waals surface area contributed by atoms with Gasteiger partial charge in [0.2, 0.25) is 0 Å². The van der Waals surface area contributed by atoms with Crippen molar-refractivity contribution in [3.05, 3.63) is 28.9 Å². The molecule has 0 aliphatic heterocycles. The van der Waals surface area contributed by atoms with E-state index in [0.717, 1.165) is 21.7 Å². The molecule has 2 rings (SSSR count). The van der Waals surface area contributed by atoms with Gasteiger partial charge in [0.25, 0.3) is 0 Å². The molecule has 1 N–H and O–H groups in total. The number of anilines is 2. The largest absolute Gasteiger partial charge is 0.336 e. The first-order valence-electron chi connectivity index (χ1n) is 4.39. The molecule has 78 valence electrons. The highest BCUT2D eigenvalue weighted by atomic mass is 79.9. The number of hydrogen-bond acceptors (Lipinski definition) is 4. The minimum Gasteiger partial charge on any atom is -0.336 e.